The van der Waals surface area contributed by atoms with Gasteiger partial charge in [-0.25, -0.2) is 0 Å². The number of rotatable bonds is 5. The molecular weight excluding hydrogens is 365 g/mol. The maximum absolute atomic E-state index is 4.26. The van der Waals surface area contributed by atoms with E-state index < -0.39 is 0 Å². The number of hydrogen-bond donors (Lipinski definition) is 2. The van der Waals surface area contributed by atoms with E-state index in [-0.39, 0.29) is 24.0 Å². The van der Waals surface area contributed by atoms with Gasteiger partial charge in [0.1, 0.15) is 0 Å². The Morgan fingerprint density at radius 3 is 2.10 bits per heavy atom. The van der Waals surface area contributed by atoms with Crippen molar-refractivity contribution >= 4 is 29.9 Å². The predicted molar refractivity (Wildman–Crippen MR) is 98.1 cm³/mol. The van der Waals surface area contributed by atoms with Gasteiger partial charge in [-0.15, -0.1) is 24.0 Å². The van der Waals surface area contributed by atoms with Crippen molar-refractivity contribution in [1.82, 2.24) is 20.4 Å². The zero-order chi connectivity index (χ0) is 14.3. The van der Waals surface area contributed by atoms with Gasteiger partial charge in [0.2, 0.25) is 0 Å². The summed E-state index contributed by atoms with van der Waals surface area (Å²) < 4.78 is 0. The predicted octanol–water partition coefficient (Wildman–Crippen LogP) is 1.06. The summed E-state index contributed by atoms with van der Waals surface area (Å²) in [6.07, 6.45) is 0. The highest BCUT2D eigenvalue weighted by atomic mass is 127. The molecule has 0 bridgehead atoms. The summed E-state index contributed by atoms with van der Waals surface area (Å²) in [6, 6.07) is 0.548. The van der Waals surface area contributed by atoms with Gasteiger partial charge in [0.05, 0.1) is 0 Å². The van der Waals surface area contributed by atoms with Gasteiger partial charge in [-0.3, -0.25) is 9.89 Å². The van der Waals surface area contributed by atoms with E-state index in [2.05, 4.69) is 53.2 Å². The first-order valence-corrected chi connectivity index (χ1v) is 7.40. The fourth-order valence-electron chi connectivity index (χ4n) is 2.16. The van der Waals surface area contributed by atoms with Gasteiger partial charge < -0.3 is 15.5 Å². The number of nitrogens with one attached hydrogen (secondary N) is 2. The van der Waals surface area contributed by atoms with E-state index in [4.69, 9.17) is 0 Å². The Morgan fingerprint density at radius 1 is 1.05 bits per heavy atom. The first-order valence-electron chi connectivity index (χ1n) is 7.40. The molecule has 0 spiro atoms. The lowest BCUT2D eigenvalue weighted by atomic mass is 10.2. The Labute approximate surface area is 141 Å². The largest absolute Gasteiger partial charge is 0.356 e. The molecule has 1 atom stereocenters. The standard InChI is InChI=1S/C14H31N5.HI/c1-12(2)10-16-14(15-4)17-11-13(3)19-8-6-18(5)7-9-19;/h12-13H,6-11H2,1-5H3,(H2,15,16,17);1H. The quantitative estimate of drug-likeness (QED) is 0.414. The van der Waals surface area contributed by atoms with Gasteiger partial charge in [-0.1, -0.05) is 13.8 Å². The van der Waals surface area contributed by atoms with Crippen molar-refractivity contribution in [2.24, 2.45) is 10.9 Å². The minimum absolute atomic E-state index is 0. The van der Waals surface area contributed by atoms with Crippen molar-refractivity contribution in [3.05, 3.63) is 0 Å². The minimum Gasteiger partial charge on any atom is -0.356 e. The van der Waals surface area contributed by atoms with Crippen LogP contribution in [0, 0.1) is 5.92 Å². The molecule has 0 radical (unpaired) electrons. The second kappa shape index (κ2) is 10.6. The first-order chi connectivity index (χ1) is 9.02. The molecule has 1 aliphatic heterocycles. The Balaban J connectivity index is 0.00000361. The van der Waals surface area contributed by atoms with Gasteiger partial charge in [0.15, 0.2) is 5.96 Å². The van der Waals surface area contributed by atoms with Crippen molar-refractivity contribution in [2.75, 3.05) is 53.4 Å². The van der Waals surface area contributed by atoms with Crippen LogP contribution in [0.5, 0.6) is 0 Å². The van der Waals surface area contributed by atoms with Crippen molar-refractivity contribution < 1.29 is 0 Å². The summed E-state index contributed by atoms with van der Waals surface area (Å²) in [5, 5.41) is 6.76. The lowest BCUT2D eigenvalue weighted by molar-refractivity contribution is 0.120. The molecular formula is C14H32IN5. The molecule has 0 aromatic carbocycles. The highest BCUT2D eigenvalue weighted by molar-refractivity contribution is 14.0. The average molecular weight is 397 g/mol. The first kappa shape index (κ1) is 19.9. The zero-order valence-corrected chi connectivity index (χ0v) is 16.0. The summed E-state index contributed by atoms with van der Waals surface area (Å²) in [4.78, 5) is 9.19. The third-order valence-electron chi connectivity index (χ3n) is 3.63. The van der Waals surface area contributed by atoms with Crippen LogP contribution < -0.4 is 10.6 Å². The van der Waals surface area contributed by atoms with Gasteiger partial charge in [0, 0.05) is 52.4 Å². The minimum atomic E-state index is 0. The third-order valence-corrected chi connectivity index (χ3v) is 3.63. The Bertz CT molecular complexity index is 275. The molecule has 0 aliphatic carbocycles. The molecule has 5 nitrogen and oxygen atoms in total. The highest BCUT2D eigenvalue weighted by Crippen LogP contribution is 2.03. The van der Waals surface area contributed by atoms with Gasteiger partial charge in [-0.2, -0.15) is 0 Å². The SMILES string of the molecule is CN=C(NCC(C)C)NCC(C)N1CCN(C)CC1.I. The fourth-order valence-corrected chi connectivity index (χ4v) is 2.16. The number of likely N-dealkylation sites (N-methyl/N-ethyl adjacent to an activating group) is 1. The lowest BCUT2D eigenvalue weighted by Crippen LogP contribution is -2.52. The summed E-state index contributed by atoms with van der Waals surface area (Å²) in [5.74, 6) is 1.54. The van der Waals surface area contributed by atoms with E-state index in [1.807, 2.05) is 7.05 Å². The van der Waals surface area contributed by atoms with E-state index in [0.717, 1.165) is 32.1 Å². The number of guanidine groups is 1. The molecule has 0 saturated carbocycles. The van der Waals surface area contributed by atoms with E-state index in [1.165, 1.54) is 13.1 Å². The molecule has 0 aromatic rings. The van der Waals surface area contributed by atoms with E-state index in [0.29, 0.717) is 12.0 Å². The monoisotopic (exact) mass is 397 g/mol. The number of halogens is 1. The van der Waals surface area contributed by atoms with Crippen LogP contribution in [-0.4, -0.2) is 75.2 Å². The molecule has 6 heteroatoms. The zero-order valence-electron chi connectivity index (χ0n) is 13.6. The van der Waals surface area contributed by atoms with Gasteiger partial charge in [-0.05, 0) is 19.9 Å². The van der Waals surface area contributed by atoms with Gasteiger partial charge in [0.25, 0.3) is 0 Å². The molecule has 2 N–H and O–H groups in total. The highest BCUT2D eigenvalue weighted by Gasteiger charge is 2.18. The molecule has 1 rings (SSSR count). The smallest absolute Gasteiger partial charge is 0.191 e. The van der Waals surface area contributed by atoms with Crippen molar-refractivity contribution in [3.63, 3.8) is 0 Å². The number of hydrogen-bond acceptors (Lipinski definition) is 3. The van der Waals surface area contributed by atoms with Crippen LogP contribution in [0.3, 0.4) is 0 Å². The fraction of sp³-hybridized carbons (Fsp3) is 0.929. The number of nitrogens with zero attached hydrogens (tertiary/aromatic N) is 3. The Morgan fingerprint density at radius 2 is 1.60 bits per heavy atom. The van der Waals surface area contributed by atoms with Crippen molar-refractivity contribution in [3.8, 4) is 0 Å². The summed E-state index contributed by atoms with van der Waals surface area (Å²) in [5.41, 5.74) is 0. The van der Waals surface area contributed by atoms with Crippen LogP contribution >= 0.6 is 24.0 Å². The van der Waals surface area contributed by atoms with E-state index in [9.17, 15) is 0 Å². The van der Waals surface area contributed by atoms with Crippen LogP contribution in [0.4, 0.5) is 0 Å². The molecule has 1 fully saturated rings. The van der Waals surface area contributed by atoms with Gasteiger partial charge >= 0.3 is 0 Å². The molecule has 1 saturated heterocycles. The third kappa shape index (κ3) is 7.64. The van der Waals surface area contributed by atoms with Crippen LogP contribution in [0.2, 0.25) is 0 Å². The van der Waals surface area contributed by atoms with Crippen LogP contribution in [0.15, 0.2) is 4.99 Å². The normalized spacial score (nSPS) is 19.6. The Hall–Kier alpha value is -0.0800. The van der Waals surface area contributed by atoms with E-state index >= 15 is 0 Å². The maximum Gasteiger partial charge on any atom is 0.191 e. The molecule has 0 amide bonds. The summed E-state index contributed by atoms with van der Waals surface area (Å²) in [7, 11) is 4.02. The Kier molecular flexibility index (Phi) is 10.6. The molecule has 1 heterocycles. The second-order valence-electron chi connectivity index (χ2n) is 5.92. The second-order valence-corrected chi connectivity index (χ2v) is 5.92. The maximum atomic E-state index is 4.26. The van der Waals surface area contributed by atoms with Crippen LogP contribution in [0.1, 0.15) is 20.8 Å². The van der Waals surface area contributed by atoms with Crippen LogP contribution in [0.25, 0.3) is 0 Å². The molecule has 1 aliphatic rings. The summed E-state index contributed by atoms with van der Waals surface area (Å²) in [6.45, 7) is 13.3. The topological polar surface area (TPSA) is 42.9 Å². The van der Waals surface area contributed by atoms with Crippen molar-refractivity contribution in [2.45, 2.75) is 26.8 Å². The van der Waals surface area contributed by atoms with Crippen LogP contribution in [-0.2, 0) is 0 Å². The summed E-state index contributed by atoms with van der Waals surface area (Å²) >= 11 is 0. The van der Waals surface area contributed by atoms with E-state index in [1.54, 1.807) is 0 Å². The number of piperazine rings is 1. The number of aliphatic imine (C=N–C) groups is 1. The molecule has 1 unspecified atom stereocenters. The molecule has 120 valence electrons. The molecule has 0 aromatic heterocycles. The lowest BCUT2D eigenvalue weighted by Gasteiger charge is -2.36. The van der Waals surface area contributed by atoms with Crippen molar-refractivity contribution in [1.29, 1.82) is 0 Å². The average Bonchev–Trinajstić information content (AvgIpc) is 2.39. The molecule has 20 heavy (non-hydrogen) atoms.